The second-order valence-electron chi connectivity index (χ2n) is 9.85. The van der Waals surface area contributed by atoms with Gasteiger partial charge in [0.05, 0.1) is 11.9 Å². The van der Waals surface area contributed by atoms with E-state index in [2.05, 4.69) is 26.1 Å². The summed E-state index contributed by atoms with van der Waals surface area (Å²) in [4.78, 5) is 15.3. The molecule has 2 amide bonds. The molecule has 11 heteroatoms. The van der Waals surface area contributed by atoms with Crippen LogP contribution in [0.15, 0.2) is 18.5 Å². The van der Waals surface area contributed by atoms with Crippen LogP contribution in [-0.4, -0.2) is 55.3 Å². The number of rotatable bonds is 5. The number of carbonyl (C=O) groups excluding carboxylic acids is 1. The van der Waals surface area contributed by atoms with E-state index >= 15 is 0 Å². The molecule has 1 aromatic heterocycles. The molecule has 3 aliphatic rings. The molecule has 1 unspecified atom stereocenters. The van der Waals surface area contributed by atoms with Crippen molar-refractivity contribution in [3.8, 4) is 0 Å². The summed E-state index contributed by atoms with van der Waals surface area (Å²) in [5.74, 6) is 0. The van der Waals surface area contributed by atoms with E-state index in [1.54, 1.807) is 24.1 Å². The molecule has 0 spiro atoms. The molecule has 186 valence electrons. The smallest absolute Gasteiger partial charge is 1.00 e. The minimum atomic E-state index is -4.14. The van der Waals surface area contributed by atoms with Crippen molar-refractivity contribution in [1.29, 1.82) is 0 Å². The maximum Gasteiger partial charge on any atom is 1.00 e. The van der Waals surface area contributed by atoms with E-state index in [1.165, 1.54) is 26.6 Å². The van der Waals surface area contributed by atoms with Crippen LogP contribution in [0.5, 0.6) is 0 Å². The minimum absolute atomic E-state index is 0. The first-order valence-electron chi connectivity index (χ1n) is 12.3. The molecule has 9 nitrogen and oxygen atoms in total. The number of amides is 2. The molecule has 0 saturated carbocycles. The summed E-state index contributed by atoms with van der Waals surface area (Å²) in [6.07, 6.45) is 11.5. The average molecular weight is 511 g/mol. The van der Waals surface area contributed by atoms with Gasteiger partial charge in [-0.25, -0.2) is 13.8 Å². The number of hydrogen-bond donors (Lipinski definition) is 2. The Bertz CT molecular complexity index is 1170. The number of aryl methyl sites for hydroxylation is 3. The standard InChI is InChI=1S/C24H34N6O3S.Na.H/c1-28-12-5-8-19(11-13-28)30(20-15-25-29(2)16-20)34(32,33)27-24(31)26-23-21-9-3-6-17(21)14-18-7-4-10-22(18)23;;/h14-16,19H,3-13H2,1-2H3,(H2,26,27,31);;/q;+1;-1. The number of carbonyl (C=O) groups is 1. The predicted molar refractivity (Wildman–Crippen MR) is 134 cm³/mol. The minimum Gasteiger partial charge on any atom is -1.00 e. The molecule has 1 atom stereocenters. The number of fused-ring (bicyclic) bond motifs is 2. The molecule has 2 heterocycles. The summed E-state index contributed by atoms with van der Waals surface area (Å²) in [6, 6.07) is 1.34. The fourth-order valence-corrected chi connectivity index (χ4v) is 7.16. The first kappa shape index (κ1) is 26.5. The van der Waals surface area contributed by atoms with Crippen LogP contribution < -0.4 is 43.9 Å². The summed E-state index contributed by atoms with van der Waals surface area (Å²) >= 11 is 0. The number of anilines is 2. The quantitative estimate of drug-likeness (QED) is 0.546. The predicted octanol–water partition coefficient (Wildman–Crippen LogP) is -0.129. The van der Waals surface area contributed by atoms with E-state index < -0.39 is 16.2 Å². The normalized spacial score (nSPS) is 19.9. The zero-order chi connectivity index (χ0) is 23.9. The van der Waals surface area contributed by atoms with Crippen LogP contribution in [-0.2, 0) is 42.9 Å². The van der Waals surface area contributed by atoms with Crippen LogP contribution in [0.25, 0.3) is 0 Å². The number of nitrogens with one attached hydrogen (secondary N) is 2. The Kier molecular flexibility index (Phi) is 8.17. The zero-order valence-electron chi connectivity index (χ0n) is 22.0. The van der Waals surface area contributed by atoms with E-state index in [4.69, 9.17) is 0 Å². The van der Waals surface area contributed by atoms with Crippen molar-refractivity contribution in [3.05, 3.63) is 40.7 Å². The van der Waals surface area contributed by atoms with Crippen LogP contribution in [0.3, 0.4) is 0 Å². The number of benzene rings is 1. The van der Waals surface area contributed by atoms with Gasteiger partial charge in [-0.05, 0) is 100 Å². The number of likely N-dealkylation sites (tertiary alicyclic amines) is 1. The monoisotopic (exact) mass is 510 g/mol. The van der Waals surface area contributed by atoms with Gasteiger partial charge in [0.2, 0.25) is 0 Å². The van der Waals surface area contributed by atoms with Crippen molar-refractivity contribution in [3.63, 3.8) is 0 Å². The van der Waals surface area contributed by atoms with E-state index in [0.717, 1.165) is 70.1 Å². The third kappa shape index (κ3) is 5.56. The Morgan fingerprint density at radius 3 is 2.37 bits per heavy atom. The Balaban J connectivity index is 0.00000180. The van der Waals surface area contributed by atoms with Gasteiger partial charge in [-0.3, -0.25) is 4.68 Å². The van der Waals surface area contributed by atoms with E-state index in [0.29, 0.717) is 12.1 Å². The van der Waals surface area contributed by atoms with E-state index in [-0.39, 0.29) is 37.0 Å². The fraction of sp³-hybridized carbons (Fsp3) is 0.583. The SMILES string of the molecule is CN1CCCC(N(c2cnn(C)c2)S(=O)(=O)NC(=O)Nc2c3c(cc4c2CCC4)CCC3)CC1.[H-].[Na+]. The summed E-state index contributed by atoms with van der Waals surface area (Å²) < 4.78 is 32.5. The summed E-state index contributed by atoms with van der Waals surface area (Å²) in [6.45, 7) is 1.72. The maximum absolute atomic E-state index is 13.6. The number of hydrogen-bond acceptors (Lipinski definition) is 5. The molecule has 1 fully saturated rings. The van der Waals surface area contributed by atoms with Crippen molar-refractivity contribution in [1.82, 2.24) is 19.4 Å². The second kappa shape index (κ2) is 10.8. The van der Waals surface area contributed by atoms with Gasteiger partial charge in [0.25, 0.3) is 0 Å². The summed E-state index contributed by atoms with van der Waals surface area (Å²) in [7, 11) is -0.338. The summed E-state index contributed by atoms with van der Waals surface area (Å²) in [5, 5.41) is 7.13. The van der Waals surface area contributed by atoms with E-state index in [9.17, 15) is 13.2 Å². The van der Waals surface area contributed by atoms with Crippen LogP contribution in [0.4, 0.5) is 16.2 Å². The van der Waals surface area contributed by atoms with Crippen molar-refractivity contribution < 1.29 is 44.2 Å². The maximum atomic E-state index is 13.6. The Hall–Kier alpha value is -1.59. The van der Waals surface area contributed by atoms with Crippen LogP contribution in [0.1, 0.15) is 55.8 Å². The van der Waals surface area contributed by atoms with Crippen molar-refractivity contribution >= 4 is 27.6 Å². The van der Waals surface area contributed by atoms with Crippen LogP contribution in [0.2, 0.25) is 0 Å². The van der Waals surface area contributed by atoms with Gasteiger partial charge in [-0.15, -0.1) is 0 Å². The molecule has 1 saturated heterocycles. The Morgan fingerprint density at radius 1 is 1.06 bits per heavy atom. The third-order valence-electron chi connectivity index (χ3n) is 7.39. The van der Waals surface area contributed by atoms with Crippen molar-refractivity contribution in [2.75, 3.05) is 29.8 Å². The Labute approximate surface area is 231 Å². The number of aromatic nitrogens is 2. The molecule has 2 aliphatic carbocycles. The largest absolute Gasteiger partial charge is 1.00 e. The molecular formula is C24H35N6NaO3S. The zero-order valence-corrected chi connectivity index (χ0v) is 23.8. The van der Waals surface area contributed by atoms with Crippen LogP contribution in [0, 0.1) is 0 Å². The molecule has 1 aromatic carbocycles. The van der Waals surface area contributed by atoms with Gasteiger partial charge >= 0.3 is 45.8 Å². The first-order chi connectivity index (χ1) is 16.3. The van der Waals surface area contributed by atoms with Crippen LogP contribution >= 0.6 is 0 Å². The van der Waals surface area contributed by atoms with Gasteiger partial charge in [-0.2, -0.15) is 13.5 Å². The molecule has 2 N–H and O–H groups in total. The van der Waals surface area contributed by atoms with Crippen molar-refractivity contribution in [2.45, 2.75) is 63.8 Å². The Morgan fingerprint density at radius 2 is 1.74 bits per heavy atom. The third-order valence-corrected chi connectivity index (χ3v) is 8.86. The molecule has 0 radical (unpaired) electrons. The van der Waals surface area contributed by atoms with Crippen molar-refractivity contribution in [2.24, 2.45) is 7.05 Å². The molecule has 1 aliphatic heterocycles. The molecular weight excluding hydrogens is 475 g/mol. The van der Waals surface area contributed by atoms with Gasteiger partial charge < -0.3 is 11.6 Å². The molecule has 0 bridgehead atoms. The van der Waals surface area contributed by atoms with Gasteiger partial charge in [0, 0.05) is 25.0 Å². The van der Waals surface area contributed by atoms with Gasteiger partial charge in [0.15, 0.2) is 0 Å². The first-order valence-corrected chi connectivity index (χ1v) is 13.7. The molecule has 5 rings (SSSR count). The fourth-order valence-electron chi connectivity index (χ4n) is 5.80. The average Bonchev–Trinajstić information content (AvgIpc) is 3.49. The number of nitrogens with zero attached hydrogens (tertiary/aromatic N) is 4. The van der Waals surface area contributed by atoms with E-state index in [1.807, 2.05) is 7.05 Å². The molecule has 35 heavy (non-hydrogen) atoms. The second-order valence-corrected chi connectivity index (χ2v) is 11.4. The molecule has 2 aromatic rings. The summed E-state index contributed by atoms with van der Waals surface area (Å²) in [5.41, 5.74) is 6.23. The van der Waals surface area contributed by atoms with Gasteiger partial charge in [-0.1, -0.05) is 6.07 Å². The van der Waals surface area contributed by atoms with Gasteiger partial charge in [0.1, 0.15) is 0 Å². The number of urea groups is 1. The topological polar surface area (TPSA) is 99.6 Å².